The van der Waals surface area contributed by atoms with Gasteiger partial charge >= 0.3 is 0 Å². The standard InChI is InChI=1S/C23H23BrClNO2/c1-16-6-5-7-17(10-16)15-28-23-20(24)11-18(12-22(23)27-2)13-26-14-19-8-3-4-9-21(19)25/h3-12,26H,13-15H2,1-2H3. The van der Waals surface area contributed by atoms with Crippen molar-refractivity contribution in [3.05, 3.63) is 92.4 Å². The Kier molecular flexibility index (Phi) is 7.37. The molecule has 0 unspecified atom stereocenters. The van der Waals surface area contributed by atoms with E-state index in [0.29, 0.717) is 31.2 Å². The highest BCUT2D eigenvalue weighted by Gasteiger charge is 2.12. The third-order valence-corrected chi connectivity index (χ3v) is 5.32. The molecule has 0 radical (unpaired) electrons. The summed E-state index contributed by atoms with van der Waals surface area (Å²) in [4.78, 5) is 0. The van der Waals surface area contributed by atoms with Gasteiger partial charge in [0, 0.05) is 18.1 Å². The van der Waals surface area contributed by atoms with Gasteiger partial charge in [0.15, 0.2) is 11.5 Å². The van der Waals surface area contributed by atoms with Crippen LogP contribution in [0.15, 0.2) is 65.1 Å². The van der Waals surface area contributed by atoms with E-state index < -0.39 is 0 Å². The van der Waals surface area contributed by atoms with Gasteiger partial charge in [-0.15, -0.1) is 0 Å². The summed E-state index contributed by atoms with van der Waals surface area (Å²) in [5, 5.41) is 4.19. The molecular formula is C23H23BrClNO2. The van der Waals surface area contributed by atoms with Crippen molar-refractivity contribution in [2.75, 3.05) is 7.11 Å². The predicted molar refractivity (Wildman–Crippen MR) is 118 cm³/mol. The van der Waals surface area contributed by atoms with E-state index in [2.05, 4.69) is 46.4 Å². The molecule has 1 N–H and O–H groups in total. The summed E-state index contributed by atoms with van der Waals surface area (Å²) < 4.78 is 12.5. The highest BCUT2D eigenvalue weighted by molar-refractivity contribution is 9.10. The number of halogens is 2. The zero-order chi connectivity index (χ0) is 19.9. The van der Waals surface area contributed by atoms with E-state index in [4.69, 9.17) is 21.1 Å². The monoisotopic (exact) mass is 459 g/mol. The fourth-order valence-electron chi connectivity index (χ4n) is 2.96. The first kappa shape index (κ1) is 20.7. The Morgan fingerprint density at radius 2 is 1.79 bits per heavy atom. The topological polar surface area (TPSA) is 30.5 Å². The van der Waals surface area contributed by atoms with Gasteiger partial charge in [0.1, 0.15) is 6.61 Å². The van der Waals surface area contributed by atoms with Crippen molar-refractivity contribution in [3.8, 4) is 11.5 Å². The predicted octanol–water partition coefficient (Wildman–Crippen LogP) is 6.29. The fourth-order valence-corrected chi connectivity index (χ4v) is 3.76. The summed E-state index contributed by atoms with van der Waals surface area (Å²) in [6, 6.07) is 20.2. The van der Waals surface area contributed by atoms with Crippen LogP contribution < -0.4 is 14.8 Å². The normalized spacial score (nSPS) is 10.7. The molecule has 5 heteroatoms. The van der Waals surface area contributed by atoms with E-state index >= 15 is 0 Å². The molecule has 0 aliphatic heterocycles. The van der Waals surface area contributed by atoms with Crippen LogP contribution in [0.4, 0.5) is 0 Å². The maximum atomic E-state index is 6.21. The SMILES string of the molecule is COc1cc(CNCc2ccccc2Cl)cc(Br)c1OCc1cccc(C)c1. The number of rotatable bonds is 8. The molecular weight excluding hydrogens is 438 g/mol. The van der Waals surface area contributed by atoms with Crippen molar-refractivity contribution in [1.29, 1.82) is 0 Å². The van der Waals surface area contributed by atoms with Crippen molar-refractivity contribution in [1.82, 2.24) is 5.32 Å². The highest BCUT2D eigenvalue weighted by Crippen LogP contribution is 2.37. The van der Waals surface area contributed by atoms with Crippen molar-refractivity contribution >= 4 is 27.5 Å². The van der Waals surface area contributed by atoms with E-state index in [1.807, 2.05) is 42.5 Å². The molecule has 0 spiro atoms. The van der Waals surface area contributed by atoms with Gasteiger partial charge in [0.25, 0.3) is 0 Å². The molecule has 0 saturated carbocycles. The number of aryl methyl sites for hydroxylation is 1. The molecule has 0 atom stereocenters. The third kappa shape index (κ3) is 5.51. The first-order valence-electron chi connectivity index (χ1n) is 9.05. The number of hydrogen-bond donors (Lipinski definition) is 1. The molecule has 3 rings (SSSR count). The van der Waals surface area contributed by atoms with Crippen LogP contribution in [-0.2, 0) is 19.7 Å². The Labute approximate surface area is 179 Å². The second-order valence-electron chi connectivity index (χ2n) is 6.58. The first-order chi connectivity index (χ1) is 13.6. The van der Waals surface area contributed by atoms with Crippen LogP contribution in [0.5, 0.6) is 11.5 Å². The van der Waals surface area contributed by atoms with Gasteiger partial charge in [-0.1, -0.05) is 59.6 Å². The minimum Gasteiger partial charge on any atom is -0.493 e. The Bertz CT molecular complexity index is 946. The van der Waals surface area contributed by atoms with Gasteiger partial charge in [0.2, 0.25) is 0 Å². The van der Waals surface area contributed by atoms with Crippen LogP contribution in [0.25, 0.3) is 0 Å². The second-order valence-corrected chi connectivity index (χ2v) is 7.84. The van der Waals surface area contributed by atoms with Crippen LogP contribution in [-0.4, -0.2) is 7.11 Å². The fraction of sp³-hybridized carbons (Fsp3) is 0.217. The molecule has 0 amide bonds. The van der Waals surface area contributed by atoms with Gasteiger partial charge in [-0.25, -0.2) is 0 Å². The van der Waals surface area contributed by atoms with Gasteiger partial charge in [0.05, 0.1) is 11.6 Å². The lowest BCUT2D eigenvalue weighted by Crippen LogP contribution is -2.13. The van der Waals surface area contributed by atoms with Crippen LogP contribution >= 0.6 is 27.5 Å². The smallest absolute Gasteiger partial charge is 0.175 e. The molecule has 0 fully saturated rings. The lowest BCUT2D eigenvalue weighted by Gasteiger charge is -2.15. The van der Waals surface area contributed by atoms with Gasteiger partial charge in [-0.3, -0.25) is 0 Å². The molecule has 146 valence electrons. The summed E-state index contributed by atoms with van der Waals surface area (Å²) >= 11 is 9.83. The van der Waals surface area contributed by atoms with Crippen molar-refractivity contribution < 1.29 is 9.47 Å². The van der Waals surface area contributed by atoms with Gasteiger partial charge in [-0.05, 0) is 57.7 Å². The molecule has 0 aromatic heterocycles. The molecule has 0 saturated heterocycles. The summed E-state index contributed by atoms with van der Waals surface area (Å²) in [5.74, 6) is 1.41. The molecule has 3 aromatic carbocycles. The molecule has 0 bridgehead atoms. The number of ether oxygens (including phenoxy) is 2. The lowest BCUT2D eigenvalue weighted by molar-refractivity contribution is 0.282. The number of methoxy groups -OCH3 is 1. The summed E-state index contributed by atoms with van der Waals surface area (Å²) in [5.41, 5.74) is 4.51. The van der Waals surface area contributed by atoms with Crippen LogP contribution in [0.1, 0.15) is 22.3 Å². The Morgan fingerprint density at radius 3 is 2.54 bits per heavy atom. The van der Waals surface area contributed by atoms with Crippen molar-refractivity contribution in [2.24, 2.45) is 0 Å². The number of hydrogen-bond acceptors (Lipinski definition) is 3. The summed E-state index contributed by atoms with van der Waals surface area (Å²) in [6.45, 7) is 3.95. The number of benzene rings is 3. The highest BCUT2D eigenvalue weighted by atomic mass is 79.9. The molecule has 0 heterocycles. The first-order valence-corrected chi connectivity index (χ1v) is 10.2. The Morgan fingerprint density at radius 1 is 0.964 bits per heavy atom. The zero-order valence-electron chi connectivity index (χ0n) is 16.0. The minimum atomic E-state index is 0.487. The molecule has 3 aromatic rings. The molecule has 0 aliphatic carbocycles. The quantitative estimate of drug-likeness (QED) is 0.428. The van der Waals surface area contributed by atoms with Crippen LogP contribution in [0.2, 0.25) is 5.02 Å². The van der Waals surface area contributed by atoms with E-state index in [0.717, 1.165) is 26.2 Å². The van der Waals surface area contributed by atoms with E-state index in [9.17, 15) is 0 Å². The lowest BCUT2D eigenvalue weighted by atomic mass is 10.1. The van der Waals surface area contributed by atoms with Crippen molar-refractivity contribution in [2.45, 2.75) is 26.6 Å². The van der Waals surface area contributed by atoms with Gasteiger partial charge in [-0.2, -0.15) is 0 Å². The summed E-state index contributed by atoms with van der Waals surface area (Å²) in [6.07, 6.45) is 0. The third-order valence-electron chi connectivity index (χ3n) is 4.36. The largest absolute Gasteiger partial charge is 0.493 e. The minimum absolute atomic E-state index is 0.487. The zero-order valence-corrected chi connectivity index (χ0v) is 18.3. The van der Waals surface area contributed by atoms with E-state index in [-0.39, 0.29) is 0 Å². The Balaban J connectivity index is 1.66. The van der Waals surface area contributed by atoms with E-state index in [1.54, 1.807) is 7.11 Å². The van der Waals surface area contributed by atoms with E-state index in [1.165, 1.54) is 5.56 Å². The molecule has 0 aliphatic rings. The average Bonchev–Trinajstić information content (AvgIpc) is 2.68. The average molecular weight is 461 g/mol. The van der Waals surface area contributed by atoms with Gasteiger partial charge < -0.3 is 14.8 Å². The number of nitrogens with one attached hydrogen (secondary N) is 1. The second kappa shape index (κ2) is 9.97. The maximum Gasteiger partial charge on any atom is 0.175 e. The molecule has 28 heavy (non-hydrogen) atoms. The maximum absolute atomic E-state index is 6.21. The van der Waals surface area contributed by atoms with Crippen LogP contribution in [0, 0.1) is 6.92 Å². The Hall–Kier alpha value is -2.01. The molecule has 3 nitrogen and oxygen atoms in total. The van der Waals surface area contributed by atoms with Crippen LogP contribution in [0.3, 0.4) is 0 Å². The summed E-state index contributed by atoms with van der Waals surface area (Å²) in [7, 11) is 1.66. The van der Waals surface area contributed by atoms with Crippen molar-refractivity contribution in [3.63, 3.8) is 0 Å².